The fourth-order valence-corrected chi connectivity index (χ4v) is 2.72. The lowest BCUT2D eigenvalue weighted by Gasteiger charge is -2.13. The van der Waals surface area contributed by atoms with Gasteiger partial charge in [0.25, 0.3) is 0 Å². The number of aryl methyl sites for hydroxylation is 2. The molecule has 0 saturated heterocycles. The third-order valence-electron chi connectivity index (χ3n) is 3.78. The first-order valence-electron chi connectivity index (χ1n) is 8.00. The van der Waals surface area contributed by atoms with E-state index in [1.807, 2.05) is 0 Å². The third-order valence-corrected chi connectivity index (χ3v) is 4.10. The van der Waals surface area contributed by atoms with E-state index in [4.69, 9.17) is 16.0 Å². The van der Waals surface area contributed by atoms with Gasteiger partial charge in [0.1, 0.15) is 11.6 Å². The summed E-state index contributed by atoms with van der Waals surface area (Å²) in [6.07, 6.45) is -2.46. The van der Waals surface area contributed by atoms with Crippen LogP contribution in [-0.2, 0) is 17.4 Å². The second-order valence-electron chi connectivity index (χ2n) is 5.87. The summed E-state index contributed by atoms with van der Waals surface area (Å²) in [6.45, 7) is 1.66. The van der Waals surface area contributed by atoms with Crippen LogP contribution in [0.5, 0.6) is 0 Å². The summed E-state index contributed by atoms with van der Waals surface area (Å²) in [6, 6.07) is 7.98. The number of nitrogens with zero attached hydrogens (tertiary/aromatic N) is 2. The highest BCUT2D eigenvalue weighted by Crippen LogP contribution is 2.34. The number of alkyl halides is 3. The lowest BCUT2D eigenvalue weighted by Crippen LogP contribution is -2.16. The minimum atomic E-state index is -4.52. The molecule has 1 N–H and O–H groups in total. The minimum absolute atomic E-state index is 0.0286. The van der Waals surface area contributed by atoms with Crippen LogP contribution < -0.4 is 5.32 Å². The molecule has 0 fully saturated rings. The molecule has 0 saturated carbocycles. The maximum absolute atomic E-state index is 13.0. The van der Waals surface area contributed by atoms with Gasteiger partial charge >= 0.3 is 6.18 Å². The lowest BCUT2D eigenvalue weighted by molar-refractivity contribution is -0.137. The number of halogens is 4. The van der Waals surface area contributed by atoms with Gasteiger partial charge in [-0.3, -0.25) is 4.79 Å². The predicted octanol–water partition coefficient (Wildman–Crippen LogP) is 5.02. The molecule has 0 bridgehead atoms. The van der Waals surface area contributed by atoms with Gasteiger partial charge in [-0.2, -0.15) is 18.3 Å². The number of carbonyl (C=O) groups excluding carboxylic acids is 1. The highest BCUT2D eigenvalue weighted by Gasteiger charge is 2.31. The summed E-state index contributed by atoms with van der Waals surface area (Å²) in [5, 5.41) is 6.90. The molecular weight excluding hydrogens is 383 g/mol. The van der Waals surface area contributed by atoms with E-state index >= 15 is 0 Å². The van der Waals surface area contributed by atoms with Gasteiger partial charge in [-0.25, -0.2) is 4.68 Å². The fraction of sp³-hybridized carbons (Fsp3) is 0.222. The lowest BCUT2D eigenvalue weighted by atomic mass is 10.2. The Morgan fingerprint density at radius 2 is 2.07 bits per heavy atom. The average Bonchev–Trinajstić information content (AvgIpc) is 3.22. The molecule has 5 nitrogen and oxygen atoms in total. The summed E-state index contributed by atoms with van der Waals surface area (Å²) < 4.78 is 45.4. The molecule has 0 aliphatic rings. The molecule has 1 amide bonds. The Hall–Kier alpha value is -2.74. The Balaban J connectivity index is 1.85. The zero-order chi connectivity index (χ0) is 19.6. The van der Waals surface area contributed by atoms with E-state index < -0.39 is 11.7 Å². The van der Waals surface area contributed by atoms with Crippen molar-refractivity contribution in [2.45, 2.75) is 25.9 Å². The summed E-state index contributed by atoms with van der Waals surface area (Å²) in [5.74, 6) is 0.574. The standard InChI is InChI=1S/C18H15ClF3N3O2/c1-11-9-16(23-17(26)7-5-13-3-2-8-27-13)25(24-11)15-10-12(18(20,21)22)4-6-14(15)19/h2-4,6,8-10H,5,7H2,1H3,(H,23,26). The quantitative estimate of drug-likeness (QED) is 0.657. The number of aromatic nitrogens is 2. The van der Waals surface area contributed by atoms with E-state index in [1.54, 1.807) is 25.1 Å². The topological polar surface area (TPSA) is 60.1 Å². The first kappa shape index (κ1) is 19.0. The maximum Gasteiger partial charge on any atom is 0.416 e. The molecular formula is C18H15ClF3N3O2. The zero-order valence-corrected chi connectivity index (χ0v) is 14.9. The number of hydrogen-bond acceptors (Lipinski definition) is 3. The van der Waals surface area contributed by atoms with Crippen LogP contribution in [0.2, 0.25) is 5.02 Å². The van der Waals surface area contributed by atoms with Crippen molar-refractivity contribution in [3.8, 4) is 5.69 Å². The van der Waals surface area contributed by atoms with Gasteiger partial charge in [0.2, 0.25) is 5.91 Å². The second-order valence-corrected chi connectivity index (χ2v) is 6.28. The van der Waals surface area contributed by atoms with E-state index in [-0.39, 0.29) is 28.9 Å². The van der Waals surface area contributed by atoms with E-state index in [1.165, 1.54) is 10.9 Å². The molecule has 0 unspecified atom stereocenters. The normalized spacial score (nSPS) is 11.6. The molecule has 3 aromatic rings. The van der Waals surface area contributed by atoms with Crippen molar-refractivity contribution >= 4 is 23.3 Å². The molecule has 1 aromatic carbocycles. The first-order chi connectivity index (χ1) is 12.7. The molecule has 3 rings (SSSR count). The van der Waals surface area contributed by atoms with Gasteiger partial charge in [-0.15, -0.1) is 0 Å². The predicted molar refractivity (Wildman–Crippen MR) is 94.0 cm³/mol. The second kappa shape index (κ2) is 7.48. The Labute approximate surface area is 157 Å². The molecule has 0 radical (unpaired) electrons. The van der Waals surface area contributed by atoms with Crippen molar-refractivity contribution in [1.82, 2.24) is 9.78 Å². The van der Waals surface area contributed by atoms with Crippen LogP contribution in [0.3, 0.4) is 0 Å². The number of furan rings is 1. The Morgan fingerprint density at radius 1 is 1.30 bits per heavy atom. The number of rotatable bonds is 5. The molecule has 0 atom stereocenters. The monoisotopic (exact) mass is 397 g/mol. The molecule has 2 aromatic heterocycles. The van der Waals surface area contributed by atoms with Crippen molar-refractivity contribution in [3.63, 3.8) is 0 Å². The molecule has 2 heterocycles. The van der Waals surface area contributed by atoms with Gasteiger partial charge in [-0.1, -0.05) is 11.6 Å². The highest BCUT2D eigenvalue weighted by molar-refractivity contribution is 6.32. The summed E-state index contributed by atoms with van der Waals surface area (Å²) in [7, 11) is 0. The van der Waals surface area contributed by atoms with Crippen LogP contribution in [0.4, 0.5) is 19.0 Å². The third kappa shape index (κ3) is 4.51. The van der Waals surface area contributed by atoms with Crippen LogP contribution in [0.25, 0.3) is 5.69 Å². The number of benzene rings is 1. The SMILES string of the molecule is Cc1cc(NC(=O)CCc2ccco2)n(-c2cc(C(F)(F)F)ccc2Cl)n1. The van der Waals surface area contributed by atoms with E-state index in [0.29, 0.717) is 17.9 Å². The molecule has 0 aliphatic heterocycles. The van der Waals surface area contributed by atoms with E-state index in [2.05, 4.69) is 10.4 Å². The van der Waals surface area contributed by atoms with Crippen molar-refractivity contribution in [3.05, 3.63) is 64.7 Å². The molecule has 27 heavy (non-hydrogen) atoms. The van der Waals surface area contributed by atoms with Gasteiger partial charge in [0.05, 0.1) is 28.2 Å². The van der Waals surface area contributed by atoms with Crippen LogP contribution in [0, 0.1) is 6.92 Å². The highest BCUT2D eigenvalue weighted by atomic mass is 35.5. The van der Waals surface area contributed by atoms with Crippen LogP contribution in [0.1, 0.15) is 23.4 Å². The van der Waals surface area contributed by atoms with Gasteiger partial charge in [0.15, 0.2) is 0 Å². The zero-order valence-electron chi connectivity index (χ0n) is 14.2. The van der Waals surface area contributed by atoms with Crippen molar-refractivity contribution < 1.29 is 22.4 Å². The summed E-state index contributed by atoms with van der Waals surface area (Å²) in [5.41, 5.74) is -0.309. The van der Waals surface area contributed by atoms with E-state index in [9.17, 15) is 18.0 Å². The minimum Gasteiger partial charge on any atom is -0.469 e. The first-order valence-corrected chi connectivity index (χ1v) is 8.38. The van der Waals surface area contributed by atoms with Crippen LogP contribution in [-0.4, -0.2) is 15.7 Å². The van der Waals surface area contributed by atoms with Crippen molar-refractivity contribution in [2.24, 2.45) is 0 Å². The number of hydrogen-bond donors (Lipinski definition) is 1. The average molecular weight is 398 g/mol. The Morgan fingerprint density at radius 3 is 2.74 bits per heavy atom. The smallest absolute Gasteiger partial charge is 0.416 e. The van der Waals surface area contributed by atoms with E-state index in [0.717, 1.165) is 18.2 Å². The Bertz CT molecular complexity index is 949. The maximum atomic E-state index is 13.0. The number of nitrogens with one attached hydrogen (secondary N) is 1. The number of amides is 1. The van der Waals surface area contributed by atoms with Crippen molar-refractivity contribution in [2.75, 3.05) is 5.32 Å². The molecule has 0 spiro atoms. The Kier molecular flexibility index (Phi) is 5.27. The molecule has 0 aliphatic carbocycles. The van der Waals surface area contributed by atoms with Gasteiger partial charge in [-0.05, 0) is 37.3 Å². The summed E-state index contributed by atoms with van der Waals surface area (Å²) >= 11 is 6.07. The molecule has 142 valence electrons. The summed E-state index contributed by atoms with van der Waals surface area (Å²) in [4.78, 5) is 12.2. The largest absolute Gasteiger partial charge is 0.469 e. The van der Waals surface area contributed by atoms with Crippen LogP contribution >= 0.6 is 11.6 Å². The van der Waals surface area contributed by atoms with Gasteiger partial charge < -0.3 is 9.73 Å². The molecule has 9 heteroatoms. The van der Waals surface area contributed by atoms with Crippen LogP contribution in [0.15, 0.2) is 47.1 Å². The fourth-order valence-electron chi connectivity index (χ4n) is 2.52. The number of carbonyl (C=O) groups is 1. The number of anilines is 1. The van der Waals surface area contributed by atoms with Crippen molar-refractivity contribution in [1.29, 1.82) is 0 Å². The van der Waals surface area contributed by atoms with Gasteiger partial charge in [0, 0.05) is 18.9 Å².